The lowest BCUT2D eigenvalue weighted by molar-refractivity contribution is 1.17. The van der Waals surface area contributed by atoms with Crippen molar-refractivity contribution in [3.05, 3.63) is 119 Å². The number of thioether (sulfide) groups is 3. The average Bonchev–Trinajstić information content (AvgIpc) is 2.77. The molecule has 0 nitrogen and oxygen atoms in total. The molecule has 0 bridgehead atoms. The van der Waals surface area contributed by atoms with E-state index in [1.807, 2.05) is 11.8 Å². The lowest BCUT2D eigenvalue weighted by Gasteiger charge is -2.15. The summed E-state index contributed by atoms with van der Waals surface area (Å²) >= 11 is 5.98. The molecular weight excluding hydrogens is 396 g/mol. The van der Waals surface area contributed by atoms with Gasteiger partial charge in [0.1, 0.15) is 0 Å². The summed E-state index contributed by atoms with van der Waals surface area (Å²) < 4.78 is 0.564. The predicted molar refractivity (Wildman–Crippen MR) is 131 cm³/mol. The van der Waals surface area contributed by atoms with Gasteiger partial charge in [-0.3, -0.25) is 0 Å². The van der Waals surface area contributed by atoms with E-state index in [1.54, 1.807) is 0 Å². The molecule has 0 atom stereocenters. The summed E-state index contributed by atoms with van der Waals surface area (Å²) in [6.07, 6.45) is 3.44. The standard InChI is InChI=1S/C25H26S3/c1-4-11-22(12-5-1)19-26-18-10-17-25(27-20-23-13-6-2-7-14-23)28-21-24-15-8-3-9-16-24/h1-16,18,25H,17,19-21H2/b18-10+. The van der Waals surface area contributed by atoms with Crippen molar-refractivity contribution in [1.82, 2.24) is 0 Å². The highest BCUT2D eigenvalue weighted by molar-refractivity contribution is 8.16. The molecule has 0 heterocycles. The van der Waals surface area contributed by atoms with Gasteiger partial charge in [-0.2, -0.15) is 0 Å². The zero-order valence-corrected chi connectivity index (χ0v) is 18.4. The SMILES string of the molecule is C(=C\SCc1ccccc1)/CC(SCc1ccccc1)SCc1ccccc1. The van der Waals surface area contributed by atoms with Gasteiger partial charge in [0.2, 0.25) is 0 Å². The molecule has 0 N–H and O–H groups in total. The first kappa shape index (κ1) is 21.2. The molecule has 0 unspecified atom stereocenters. The highest BCUT2D eigenvalue weighted by atomic mass is 32.2. The number of hydrogen-bond acceptors (Lipinski definition) is 3. The van der Waals surface area contributed by atoms with Crippen LogP contribution in [-0.4, -0.2) is 4.58 Å². The quantitative estimate of drug-likeness (QED) is 0.287. The van der Waals surface area contributed by atoms with Crippen LogP contribution in [0.1, 0.15) is 23.1 Å². The molecule has 28 heavy (non-hydrogen) atoms. The summed E-state index contributed by atoms with van der Waals surface area (Å²) in [4.78, 5) is 0. The van der Waals surface area contributed by atoms with Crippen LogP contribution in [0.4, 0.5) is 0 Å². The zero-order valence-electron chi connectivity index (χ0n) is 15.9. The van der Waals surface area contributed by atoms with Crippen LogP contribution in [0.25, 0.3) is 0 Å². The molecule has 0 saturated heterocycles. The summed E-state index contributed by atoms with van der Waals surface area (Å²) in [5.74, 6) is 3.17. The molecule has 3 rings (SSSR count). The molecule has 0 fully saturated rings. The molecule has 3 aromatic rings. The third-order valence-corrected chi connectivity index (χ3v) is 8.00. The summed E-state index contributed by atoms with van der Waals surface area (Å²) in [5, 5.41) is 2.27. The van der Waals surface area contributed by atoms with E-state index in [2.05, 4.69) is 126 Å². The third-order valence-electron chi connectivity index (χ3n) is 4.17. The van der Waals surface area contributed by atoms with Crippen molar-refractivity contribution in [2.75, 3.05) is 0 Å². The van der Waals surface area contributed by atoms with Gasteiger partial charge in [-0.15, -0.1) is 35.3 Å². The molecule has 0 radical (unpaired) electrons. The van der Waals surface area contributed by atoms with E-state index in [0.717, 1.165) is 23.7 Å². The first-order valence-electron chi connectivity index (χ1n) is 9.52. The Labute approximate surface area is 182 Å². The minimum Gasteiger partial charge on any atom is -0.143 e. The van der Waals surface area contributed by atoms with E-state index in [-0.39, 0.29) is 0 Å². The van der Waals surface area contributed by atoms with Crippen molar-refractivity contribution in [3.63, 3.8) is 0 Å². The molecule has 0 amide bonds. The molecule has 0 aromatic heterocycles. The van der Waals surface area contributed by atoms with Crippen LogP contribution < -0.4 is 0 Å². The molecule has 0 spiro atoms. The zero-order chi connectivity index (χ0) is 19.3. The van der Waals surface area contributed by atoms with Gasteiger partial charge in [0, 0.05) is 17.3 Å². The molecule has 0 aliphatic heterocycles. The maximum Gasteiger partial charge on any atom is 0.0543 e. The Hall–Kier alpha value is -1.55. The van der Waals surface area contributed by atoms with Crippen molar-refractivity contribution in [2.45, 2.75) is 28.3 Å². The molecule has 0 aliphatic carbocycles. The second kappa shape index (κ2) is 12.8. The third kappa shape index (κ3) is 8.22. The van der Waals surface area contributed by atoms with Gasteiger partial charge in [-0.25, -0.2) is 0 Å². The highest BCUT2D eigenvalue weighted by Crippen LogP contribution is 2.32. The monoisotopic (exact) mass is 422 g/mol. The molecule has 3 heteroatoms. The van der Waals surface area contributed by atoms with Crippen molar-refractivity contribution in [1.29, 1.82) is 0 Å². The Morgan fingerprint density at radius 3 is 1.46 bits per heavy atom. The van der Waals surface area contributed by atoms with E-state index < -0.39 is 0 Å². The maximum atomic E-state index is 2.34. The fraction of sp³-hybridized carbons (Fsp3) is 0.200. The maximum absolute atomic E-state index is 2.34. The Morgan fingerprint density at radius 2 is 1.00 bits per heavy atom. The van der Waals surface area contributed by atoms with Crippen molar-refractivity contribution < 1.29 is 0 Å². The minimum absolute atomic E-state index is 0.564. The van der Waals surface area contributed by atoms with Crippen LogP contribution in [0.5, 0.6) is 0 Å². The van der Waals surface area contributed by atoms with Crippen LogP contribution in [0.2, 0.25) is 0 Å². The summed E-state index contributed by atoms with van der Waals surface area (Å²) in [7, 11) is 0. The van der Waals surface area contributed by atoms with Gasteiger partial charge >= 0.3 is 0 Å². The van der Waals surface area contributed by atoms with Crippen LogP contribution in [0.15, 0.2) is 102 Å². The Bertz CT molecular complexity index is 757. The Morgan fingerprint density at radius 1 is 0.571 bits per heavy atom. The fourth-order valence-electron chi connectivity index (χ4n) is 2.66. The number of rotatable bonds is 11. The molecule has 144 valence electrons. The van der Waals surface area contributed by atoms with Crippen LogP contribution in [-0.2, 0) is 17.3 Å². The van der Waals surface area contributed by atoms with Crippen LogP contribution in [0, 0.1) is 0 Å². The Kier molecular flexibility index (Phi) is 9.69. The molecule has 0 aliphatic rings. The van der Waals surface area contributed by atoms with E-state index >= 15 is 0 Å². The first-order chi connectivity index (χ1) is 13.9. The summed E-state index contributed by atoms with van der Waals surface area (Å²) in [5.41, 5.74) is 4.19. The van der Waals surface area contributed by atoms with Crippen molar-refractivity contribution in [3.8, 4) is 0 Å². The van der Waals surface area contributed by atoms with E-state index in [4.69, 9.17) is 0 Å². The van der Waals surface area contributed by atoms with E-state index in [9.17, 15) is 0 Å². The topological polar surface area (TPSA) is 0 Å². The molecule has 3 aromatic carbocycles. The van der Waals surface area contributed by atoms with Gasteiger partial charge in [0.05, 0.1) is 4.58 Å². The normalized spacial score (nSPS) is 11.3. The summed E-state index contributed by atoms with van der Waals surface area (Å²) in [6, 6.07) is 32.2. The highest BCUT2D eigenvalue weighted by Gasteiger charge is 2.09. The van der Waals surface area contributed by atoms with E-state index in [0.29, 0.717) is 4.58 Å². The average molecular weight is 423 g/mol. The van der Waals surface area contributed by atoms with Crippen molar-refractivity contribution in [2.24, 2.45) is 0 Å². The fourth-order valence-corrected chi connectivity index (χ4v) is 5.82. The number of allylic oxidation sites excluding steroid dienone is 1. The number of hydrogen-bond donors (Lipinski definition) is 0. The lowest BCUT2D eigenvalue weighted by Crippen LogP contribution is -1.97. The largest absolute Gasteiger partial charge is 0.143 e. The van der Waals surface area contributed by atoms with Crippen LogP contribution in [0.3, 0.4) is 0 Å². The van der Waals surface area contributed by atoms with Gasteiger partial charge in [-0.05, 0) is 28.5 Å². The second-order valence-corrected chi connectivity index (χ2v) is 10.0. The second-order valence-electron chi connectivity index (χ2n) is 6.43. The first-order valence-corrected chi connectivity index (χ1v) is 12.7. The Balaban J connectivity index is 1.48. The van der Waals surface area contributed by atoms with Gasteiger partial charge in [-0.1, -0.05) is 97.1 Å². The molecule has 0 saturated carbocycles. The minimum atomic E-state index is 0.564. The smallest absolute Gasteiger partial charge is 0.0543 e. The van der Waals surface area contributed by atoms with Gasteiger partial charge in [0.25, 0.3) is 0 Å². The van der Waals surface area contributed by atoms with Crippen LogP contribution >= 0.6 is 35.3 Å². The number of benzene rings is 3. The molecular formula is C25H26S3. The summed E-state index contributed by atoms with van der Waals surface area (Å²) in [6.45, 7) is 0. The van der Waals surface area contributed by atoms with Crippen molar-refractivity contribution >= 4 is 35.3 Å². The van der Waals surface area contributed by atoms with Gasteiger partial charge in [0.15, 0.2) is 0 Å². The van der Waals surface area contributed by atoms with E-state index in [1.165, 1.54) is 16.7 Å². The van der Waals surface area contributed by atoms with Gasteiger partial charge < -0.3 is 0 Å². The predicted octanol–water partition coefficient (Wildman–Crippen LogP) is 8.02. The lowest BCUT2D eigenvalue weighted by atomic mass is 10.2.